The van der Waals surface area contributed by atoms with E-state index in [1.807, 2.05) is 6.07 Å². The van der Waals surface area contributed by atoms with Gasteiger partial charge in [0.25, 0.3) is 11.8 Å². The Bertz CT molecular complexity index is 854. The maximum absolute atomic E-state index is 13.9. The van der Waals surface area contributed by atoms with E-state index in [1.165, 1.54) is 12.1 Å². The molecule has 128 valence electrons. The van der Waals surface area contributed by atoms with E-state index >= 15 is 0 Å². The summed E-state index contributed by atoms with van der Waals surface area (Å²) in [5.74, 6) is -0.547. The molecule has 0 aromatic heterocycles. The lowest BCUT2D eigenvalue weighted by molar-refractivity contribution is 0.0674. The minimum Gasteiger partial charge on any atom is -0.486 e. The number of ether oxygens (including phenoxy) is 1. The molecule has 25 heavy (non-hydrogen) atoms. The second-order valence-corrected chi connectivity index (χ2v) is 6.33. The van der Waals surface area contributed by atoms with E-state index in [0.29, 0.717) is 24.4 Å². The molecule has 2 unspecified atom stereocenters. The Morgan fingerprint density at radius 2 is 1.84 bits per heavy atom. The summed E-state index contributed by atoms with van der Waals surface area (Å²) in [4.78, 5) is 28.5. The normalized spacial score (nSPS) is 22.1. The topological polar surface area (TPSA) is 49.9 Å². The number of hydrogen-bond donors (Lipinski definition) is 0. The smallest absolute Gasteiger partial charge is 0.257 e. The Hall–Kier alpha value is -2.89. The summed E-state index contributed by atoms with van der Waals surface area (Å²) in [5, 5.41) is 0. The van der Waals surface area contributed by atoms with Gasteiger partial charge in [0.1, 0.15) is 17.7 Å². The standard InChI is InChI=1S/C19H17FN2O3/c1-21-15-10-22(19(24)12-6-2-4-8-14(12)20)11-17(15)25-16-9-5-3-7-13(16)18(21)23/h2-9,15,17H,10-11H2,1H3. The van der Waals surface area contributed by atoms with Gasteiger partial charge in [0, 0.05) is 13.6 Å². The van der Waals surface area contributed by atoms with Crippen LogP contribution in [0.25, 0.3) is 0 Å². The van der Waals surface area contributed by atoms with Crippen LogP contribution in [0.3, 0.4) is 0 Å². The lowest BCUT2D eigenvalue weighted by Crippen LogP contribution is -2.44. The van der Waals surface area contributed by atoms with Crippen molar-refractivity contribution < 1.29 is 18.7 Å². The van der Waals surface area contributed by atoms with E-state index < -0.39 is 5.82 Å². The fourth-order valence-electron chi connectivity index (χ4n) is 3.47. The highest BCUT2D eigenvalue weighted by Crippen LogP contribution is 2.31. The minimum absolute atomic E-state index is 0.0355. The summed E-state index contributed by atoms with van der Waals surface area (Å²) in [6.45, 7) is 0.623. The Morgan fingerprint density at radius 1 is 1.12 bits per heavy atom. The van der Waals surface area contributed by atoms with E-state index in [9.17, 15) is 14.0 Å². The molecule has 2 atom stereocenters. The van der Waals surface area contributed by atoms with E-state index in [0.717, 1.165) is 0 Å². The van der Waals surface area contributed by atoms with E-state index in [-0.39, 0.29) is 29.5 Å². The number of likely N-dealkylation sites (tertiary alicyclic amines) is 1. The first-order chi connectivity index (χ1) is 12.1. The Balaban J connectivity index is 1.63. The molecule has 0 radical (unpaired) electrons. The van der Waals surface area contributed by atoms with Crippen molar-refractivity contribution in [2.75, 3.05) is 20.1 Å². The van der Waals surface area contributed by atoms with Crippen LogP contribution in [-0.4, -0.2) is 53.9 Å². The molecule has 0 spiro atoms. The second-order valence-electron chi connectivity index (χ2n) is 6.33. The molecule has 0 aliphatic carbocycles. The van der Waals surface area contributed by atoms with Gasteiger partial charge in [-0.2, -0.15) is 0 Å². The molecule has 5 nitrogen and oxygen atoms in total. The molecule has 2 amide bonds. The monoisotopic (exact) mass is 340 g/mol. The fourth-order valence-corrected chi connectivity index (χ4v) is 3.47. The number of nitrogens with zero attached hydrogens (tertiary/aromatic N) is 2. The number of carbonyl (C=O) groups is 2. The number of benzene rings is 2. The van der Waals surface area contributed by atoms with Gasteiger partial charge in [0.15, 0.2) is 0 Å². The summed E-state index contributed by atoms with van der Waals surface area (Å²) < 4.78 is 19.9. The Labute approximate surface area is 144 Å². The molecule has 4 rings (SSSR count). The van der Waals surface area contributed by atoms with E-state index in [4.69, 9.17) is 4.74 Å². The van der Waals surface area contributed by atoms with Gasteiger partial charge in [0.05, 0.1) is 23.7 Å². The van der Waals surface area contributed by atoms with Gasteiger partial charge in [-0.1, -0.05) is 24.3 Å². The number of hydrogen-bond acceptors (Lipinski definition) is 3. The van der Waals surface area contributed by atoms with Crippen LogP contribution >= 0.6 is 0 Å². The first-order valence-corrected chi connectivity index (χ1v) is 8.13. The van der Waals surface area contributed by atoms with Gasteiger partial charge < -0.3 is 14.5 Å². The number of amides is 2. The minimum atomic E-state index is -0.546. The number of carbonyl (C=O) groups excluding carboxylic acids is 2. The summed E-state index contributed by atoms with van der Waals surface area (Å²) in [7, 11) is 1.71. The third kappa shape index (κ3) is 2.54. The number of likely N-dealkylation sites (N-methyl/N-ethyl adjacent to an activating group) is 1. The molecule has 2 aliphatic rings. The highest BCUT2D eigenvalue weighted by Gasteiger charge is 2.44. The molecular weight excluding hydrogens is 323 g/mol. The largest absolute Gasteiger partial charge is 0.486 e. The van der Waals surface area contributed by atoms with Gasteiger partial charge in [-0.05, 0) is 24.3 Å². The Kier molecular flexibility index (Phi) is 3.67. The third-order valence-electron chi connectivity index (χ3n) is 4.84. The molecule has 6 heteroatoms. The van der Waals surface area contributed by atoms with E-state index in [2.05, 4.69) is 0 Å². The SMILES string of the molecule is CN1C(=O)c2ccccc2OC2CN(C(=O)c3ccccc3F)CC21. The predicted octanol–water partition coefficient (Wildman–Crippen LogP) is 2.18. The van der Waals surface area contributed by atoms with E-state index in [1.54, 1.807) is 47.2 Å². The first-order valence-electron chi connectivity index (χ1n) is 8.13. The fraction of sp³-hybridized carbons (Fsp3) is 0.263. The molecule has 0 N–H and O–H groups in total. The van der Waals surface area contributed by atoms with Crippen LogP contribution in [0, 0.1) is 5.82 Å². The molecule has 2 aromatic rings. The van der Waals surface area contributed by atoms with Crippen molar-refractivity contribution in [3.05, 3.63) is 65.5 Å². The number of rotatable bonds is 1. The van der Waals surface area contributed by atoms with Crippen LogP contribution in [0.1, 0.15) is 20.7 Å². The van der Waals surface area contributed by atoms with Crippen molar-refractivity contribution in [1.29, 1.82) is 0 Å². The molecule has 0 bridgehead atoms. The zero-order chi connectivity index (χ0) is 17.6. The average Bonchev–Trinajstić information content (AvgIpc) is 3.01. The van der Waals surface area contributed by atoms with Crippen molar-refractivity contribution in [2.45, 2.75) is 12.1 Å². The summed E-state index contributed by atoms with van der Waals surface area (Å²) in [5.41, 5.74) is 0.555. The molecule has 2 aromatic carbocycles. The van der Waals surface area contributed by atoms with Crippen molar-refractivity contribution in [3.8, 4) is 5.75 Å². The molecule has 2 aliphatic heterocycles. The zero-order valence-electron chi connectivity index (χ0n) is 13.7. The van der Waals surface area contributed by atoms with Crippen LogP contribution in [0.15, 0.2) is 48.5 Å². The third-order valence-corrected chi connectivity index (χ3v) is 4.84. The highest BCUT2D eigenvalue weighted by molar-refractivity contribution is 5.98. The molecule has 0 saturated carbocycles. The van der Waals surface area contributed by atoms with Gasteiger partial charge in [0.2, 0.25) is 0 Å². The predicted molar refractivity (Wildman–Crippen MR) is 89.0 cm³/mol. The summed E-state index contributed by atoms with van der Waals surface area (Å²) in [6.07, 6.45) is -0.340. The first kappa shape index (κ1) is 15.6. The average molecular weight is 340 g/mol. The number of halogens is 1. The molecule has 1 fully saturated rings. The summed E-state index contributed by atoms with van der Waals surface area (Å²) in [6, 6.07) is 12.7. The van der Waals surface area contributed by atoms with Crippen molar-refractivity contribution in [3.63, 3.8) is 0 Å². The summed E-state index contributed by atoms with van der Waals surface area (Å²) >= 11 is 0. The molecular formula is C19H17FN2O3. The highest BCUT2D eigenvalue weighted by atomic mass is 19.1. The Morgan fingerprint density at radius 3 is 2.64 bits per heavy atom. The van der Waals surface area contributed by atoms with Crippen LogP contribution in [0.5, 0.6) is 5.75 Å². The maximum Gasteiger partial charge on any atom is 0.257 e. The number of para-hydroxylation sites is 1. The number of fused-ring (bicyclic) bond motifs is 2. The van der Waals surface area contributed by atoms with Crippen LogP contribution < -0.4 is 4.74 Å². The quantitative estimate of drug-likeness (QED) is 0.800. The molecule has 2 heterocycles. The lowest BCUT2D eigenvalue weighted by atomic mass is 10.1. The van der Waals surface area contributed by atoms with Gasteiger partial charge in [-0.3, -0.25) is 9.59 Å². The van der Waals surface area contributed by atoms with Gasteiger partial charge in [-0.15, -0.1) is 0 Å². The van der Waals surface area contributed by atoms with Crippen molar-refractivity contribution in [1.82, 2.24) is 9.80 Å². The van der Waals surface area contributed by atoms with Crippen LogP contribution in [0.2, 0.25) is 0 Å². The second kappa shape index (κ2) is 5.88. The zero-order valence-corrected chi connectivity index (χ0v) is 13.7. The van der Waals surface area contributed by atoms with Gasteiger partial charge in [-0.25, -0.2) is 4.39 Å². The molecule has 1 saturated heterocycles. The maximum atomic E-state index is 13.9. The van der Waals surface area contributed by atoms with Crippen LogP contribution in [0.4, 0.5) is 4.39 Å². The van der Waals surface area contributed by atoms with Crippen LogP contribution in [-0.2, 0) is 0 Å². The van der Waals surface area contributed by atoms with Crippen molar-refractivity contribution >= 4 is 11.8 Å². The lowest BCUT2D eigenvalue weighted by Gasteiger charge is -2.25. The van der Waals surface area contributed by atoms with Gasteiger partial charge >= 0.3 is 0 Å². The van der Waals surface area contributed by atoms with Crippen molar-refractivity contribution in [2.24, 2.45) is 0 Å².